The first-order valence-electron chi connectivity index (χ1n) is 7.81. The van der Waals surface area contributed by atoms with Crippen LogP contribution in [0.25, 0.3) is 0 Å². The Bertz CT molecular complexity index is 642. The highest BCUT2D eigenvalue weighted by Crippen LogP contribution is 2.30. The van der Waals surface area contributed by atoms with E-state index in [1.165, 1.54) is 0 Å². The van der Waals surface area contributed by atoms with E-state index in [1.54, 1.807) is 7.11 Å². The van der Waals surface area contributed by atoms with E-state index in [4.69, 9.17) is 4.74 Å². The molecule has 3 aliphatic rings. The van der Waals surface area contributed by atoms with Crippen molar-refractivity contribution in [1.29, 1.82) is 0 Å². The molecule has 1 N–H and O–H groups in total. The molecule has 6 nitrogen and oxygen atoms in total. The Morgan fingerprint density at radius 1 is 1.41 bits per heavy atom. The number of pyridine rings is 1. The summed E-state index contributed by atoms with van der Waals surface area (Å²) in [5.74, 6) is 0.721. The zero-order chi connectivity index (χ0) is 15.3. The lowest BCUT2D eigenvalue weighted by atomic mass is 10.1. The van der Waals surface area contributed by atoms with Gasteiger partial charge in [0.1, 0.15) is 5.56 Å². The number of carbonyl (C=O) groups is 2. The average Bonchev–Trinajstić information content (AvgIpc) is 3.18. The van der Waals surface area contributed by atoms with Gasteiger partial charge in [-0.15, -0.1) is 0 Å². The van der Waals surface area contributed by atoms with Crippen molar-refractivity contribution in [3.63, 3.8) is 0 Å². The van der Waals surface area contributed by atoms with Crippen molar-refractivity contribution in [1.82, 2.24) is 15.2 Å². The Hall–Kier alpha value is -2.11. The highest BCUT2D eigenvalue weighted by molar-refractivity contribution is 5.97. The second-order valence-corrected chi connectivity index (χ2v) is 6.35. The lowest BCUT2D eigenvalue weighted by molar-refractivity contribution is -0.119. The van der Waals surface area contributed by atoms with Gasteiger partial charge < -0.3 is 15.0 Å². The summed E-state index contributed by atoms with van der Waals surface area (Å²) in [6, 6.07) is 2.05. The van der Waals surface area contributed by atoms with Crippen LogP contribution >= 0.6 is 0 Å². The van der Waals surface area contributed by atoms with Gasteiger partial charge in [0.15, 0.2) is 0 Å². The Labute approximate surface area is 128 Å². The predicted molar refractivity (Wildman–Crippen MR) is 78.8 cm³/mol. The van der Waals surface area contributed by atoms with Crippen LogP contribution in [0.2, 0.25) is 0 Å². The monoisotopic (exact) mass is 301 g/mol. The number of carbonyl (C=O) groups excluding carboxylic acids is 2. The molecule has 0 unspecified atom stereocenters. The van der Waals surface area contributed by atoms with Crippen molar-refractivity contribution >= 4 is 11.8 Å². The van der Waals surface area contributed by atoms with E-state index in [0.29, 0.717) is 31.0 Å². The Morgan fingerprint density at radius 2 is 2.27 bits per heavy atom. The van der Waals surface area contributed by atoms with Crippen LogP contribution < -0.4 is 10.1 Å². The molecule has 2 amide bonds. The number of fused-ring (bicyclic) bond motifs is 2. The highest BCUT2D eigenvalue weighted by Gasteiger charge is 2.42. The van der Waals surface area contributed by atoms with Gasteiger partial charge in [-0.05, 0) is 30.9 Å². The lowest BCUT2D eigenvalue weighted by Crippen LogP contribution is -2.35. The van der Waals surface area contributed by atoms with Gasteiger partial charge in [0.25, 0.3) is 5.91 Å². The number of aromatic nitrogens is 1. The maximum Gasteiger partial charge on any atom is 0.259 e. The molecule has 0 radical (unpaired) electrons. The molecule has 0 aromatic carbocycles. The summed E-state index contributed by atoms with van der Waals surface area (Å²) < 4.78 is 5.33. The lowest BCUT2D eigenvalue weighted by Gasteiger charge is -2.19. The smallest absolute Gasteiger partial charge is 0.259 e. The summed E-state index contributed by atoms with van der Waals surface area (Å²) in [5.41, 5.74) is 2.77. The Morgan fingerprint density at radius 3 is 3.05 bits per heavy atom. The largest absolute Gasteiger partial charge is 0.480 e. The molecule has 1 aromatic heterocycles. The van der Waals surface area contributed by atoms with Crippen LogP contribution in [0.5, 0.6) is 5.88 Å². The number of methoxy groups -OCH3 is 1. The molecule has 2 fully saturated rings. The van der Waals surface area contributed by atoms with Gasteiger partial charge in [0.2, 0.25) is 11.8 Å². The van der Waals surface area contributed by atoms with Crippen LogP contribution in [0, 0.1) is 5.92 Å². The standard InChI is InChI=1S/C16H19N3O3/c1-22-15-11(5-9-3-2-4-12(9)18-15)16(21)19-7-10-6-14(20)17-13(10)8-19/h5,10,13H,2-4,6-8H2,1H3,(H,17,20)/t10-,13+/m0/s1. The average molecular weight is 301 g/mol. The van der Waals surface area contributed by atoms with Crippen molar-refractivity contribution < 1.29 is 14.3 Å². The number of nitrogens with one attached hydrogen (secondary N) is 1. The molecule has 2 saturated heterocycles. The minimum Gasteiger partial charge on any atom is -0.480 e. The van der Waals surface area contributed by atoms with E-state index in [9.17, 15) is 9.59 Å². The normalized spacial score (nSPS) is 25.9. The van der Waals surface area contributed by atoms with Crippen LogP contribution in [0.4, 0.5) is 0 Å². The molecule has 6 heteroatoms. The van der Waals surface area contributed by atoms with Gasteiger partial charge in [-0.1, -0.05) is 0 Å². The fourth-order valence-corrected chi connectivity index (χ4v) is 3.84. The quantitative estimate of drug-likeness (QED) is 0.865. The van der Waals surface area contributed by atoms with E-state index < -0.39 is 0 Å². The molecule has 3 heterocycles. The zero-order valence-corrected chi connectivity index (χ0v) is 12.6. The highest BCUT2D eigenvalue weighted by atomic mass is 16.5. The van der Waals surface area contributed by atoms with Gasteiger partial charge in [0.05, 0.1) is 13.2 Å². The first-order chi connectivity index (χ1) is 10.7. The minimum atomic E-state index is -0.0392. The molecule has 116 valence electrons. The summed E-state index contributed by atoms with van der Waals surface area (Å²) in [7, 11) is 1.55. The fourth-order valence-electron chi connectivity index (χ4n) is 3.84. The first kappa shape index (κ1) is 13.5. The van der Waals surface area contributed by atoms with Gasteiger partial charge in [0, 0.05) is 31.1 Å². The molecular weight excluding hydrogens is 282 g/mol. The molecule has 0 spiro atoms. The molecule has 1 aliphatic carbocycles. The zero-order valence-electron chi connectivity index (χ0n) is 12.6. The third-order valence-corrected chi connectivity index (χ3v) is 4.96. The van der Waals surface area contributed by atoms with Crippen LogP contribution in [-0.2, 0) is 17.6 Å². The van der Waals surface area contributed by atoms with E-state index >= 15 is 0 Å². The second kappa shape index (κ2) is 4.97. The number of amides is 2. The second-order valence-electron chi connectivity index (χ2n) is 6.35. The summed E-state index contributed by atoms with van der Waals surface area (Å²) in [4.78, 5) is 30.5. The maximum atomic E-state index is 12.8. The van der Waals surface area contributed by atoms with Crippen LogP contribution in [-0.4, -0.2) is 47.9 Å². The van der Waals surface area contributed by atoms with Gasteiger partial charge in [-0.3, -0.25) is 9.59 Å². The molecule has 0 bridgehead atoms. The van der Waals surface area contributed by atoms with Crippen molar-refractivity contribution in [2.75, 3.05) is 20.2 Å². The number of hydrogen-bond acceptors (Lipinski definition) is 4. The molecular formula is C16H19N3O3. The number of ether oxygens (including phenoxy) is 1. The topological polar surface area (TPSA) is 71.5 Å². The molecule has 0 saturated carbocycles. The summed E-state index contributed by atoms with van der Waals surface area (Å²) in [6.07, 6.45) is 3.55. The Balaban J connectivity index is 1.60. The van der Waals surface area contributed by atoms with Crippen molar-refractivity contribution in [2.24, 2.45) is 5.92 Å². The molecule has 4 rings (SSSR count). The van der Waals surface area contributed by atoms with Crippen molar-refractivity contribution in [3.8, 4) is 5.88 Å². The minimum absolute atomic E-state index is 0.0392. The molecule has 2 atom stereocenters. The van der Waals surface area contributed by atoms with E-state index in [0.717, 1.165) is 30.5 Å². The number of likely N-dealkylation sites (tertiary alicyclic amines) is 1. The van der Waals surface area contributed by atoms with Gasteiger partial charge >= 0.3 is 0 Å². The summed E-state index contributed by atoms with van der Waals surface area (Å²) in [6.45, 7) is 1.21. The number of aryl methyl sites for hydroxylation is 2. The first-order valence-corrected chi connectivity index (χ1v) is 7.81. The summed E-state index contributed by atoms with van der Waals surface area (Å²) in [5, 5.41) is 2.94. The number of hydrogen-bond donors (Lipinski definition) is 1. The summed E-state index contributed by atoms with van der Waals surface area (Å²) >= 11 is 0. The number of nitrogens with zero attached hydrogens (tertiary/aromatic N) is 2. The molecule has 22 heavy (non-hydrogen) atoms. The van der Waals surface area contributed by atoms with E-state index in [1.807, 2.05) is 11.0 Å². The van der Waals surface area contributed by atoms with Crippen LogP contribution in [0.3, 0.4) is 0 Å². The third kappa shape index (κ3) is 2.05. The number of rotatable bonds is 2. The van der Waals surface area contributed by atoms with Crippen molar-refractivity contribution in [3.05, 3.63) is 22.9 Å². The predicted octanol–water partition coefficient (Wildman–Crippen LogP) is 0.539. The maximum absolute atomic E-state index is 12.8. The molecule has 1 aromatic rings. The van der Waals surface area contributed by atoms with Crippen molar-refractivity contribution in [2.45, 2.75) is 31.7 Å². The van der Waals surface area contributed by atoms with Crippen LogP contribution in [0.15, 0.2) is 6.07 Å². The van der Waals surface area contributed by atoms with E-state index in [-0.39, 0.29) is 23.8 Å². The Kier molecular flexibility index (Phi) is 3.06. The van der Waals surface area contributed by atoms with Gasteiger partial charge in [-0.2, -0.15) is 0 Å². The van der Waals surface area contributed by atoms with E-state index in [2.05, 4.69) is 10.3 Å². The van der Waals surface area contributed by atoms with Gasteiger partial charge in [-0.25, -0.2) is 4.98 Å². The third-order valence-electron chi connectivity index (χ3n) is 4.96. The van der Waals surface area contributed by atoms with Crippen LogP contribution in [0.1, 0.15) is 34.5 Å². The fraction of sp³-hybridized carbons (Fsp3) is 0.562. The molecule has 2 aliphatic heterocycles. The SMILES string of the molecule is COc1nc2c(cc1C(=O)N1C[C@@H]3CC(=O)N[C@@H]3C1)CCC2.